The highest BCUT2D eigenvalue weighted by molar-refractivity contribution is 5.98. The molecule has 1 unspecified atom stereocenters. The number of ether oxygens (including phenoxy) is 1. The summed E-state index contributed by atoms with van der Waals surface area (Å²) in [5.74, 6) is -7.76. The molecule has 3 rings (SSSR count). The molecular formula is C22H22F8N4O5. The molecule has 2 aromatic heterocycles. The Bertz CT molecular complexity index is 1250. The highest BCUT2D eigenvalue weighted by Crippen LogP contribution is 2.45. The van der Waals surface area contributed by atoms with Crippen molar-refractivity contribution in [3.8, 4) is 11.6 Å². The van der Waals surface area contributed by atoms with Crippen LogP contribution < -0.4 is 5.32 Å². The van der Waals surface area contributed by atoms with Gasteiger partial charge in [0.15, 0.2) is 11.5 Å². The van der Waals surface area contributed by atoms with Gasteiger partial charge in [-0.05, 0) is 39.7 Å². The zero-order valence-electron chi connectivity index (χ0n) is 20.6. The molecule has 0 fully saturated rings. The number of alkyl halides is 8. The fraction of sp³-hybridized carbons (Fsp3) is 0.591. The predicted molar refractivity (Wildman–Crippen MR) is 115 cm³/mol. The Morgan fingerprint density at radius 1 is 1.05 bits per heavy atom. The van der Waals surface area contributed by atoms with Crippen molar-refractivity contribution in [2.45, 2.75) is 82.4 Å². The SMILES string of the molecule is CC(C)(C)OC(=O)Nc1cc(C(F)(F)F)c2nc1-c1nnc(o1)C(O)(C(F)(F)F)CCCC(F)(F)CCC2=O. The van der Waals surface area contributed by atoms with E-state index in [9.17, 15) is 49.8 Å². The second-order valence-corrected chi connectivity index (χ2v) is 9.81. The number of halogens is 8. The van der Waals surface area contributed by atoms with E-state index in [0.29, 0.717) is 0 Å². The Kier molecular flexibility index (Phi) is 7.73. The molecule has 3 heterocycles. The van der Waals surface area contributed by atoms with E-state index >= 15 is 0 Å². The van der Waals surface area contributed by atoms with E-state index < -0.39 is 108 Å². The van der Waals surface area contributed by atoms with Gasteiger partial charge in [0.1, 0.15) is 11.3 Å². The minimum atomic E-state index is -5.49. The van der Waals surface area contributed by atoms with Crippen molar-refractivity contribution in [3.05, 3.63) is 23.2 Å². The van der Waals surface area contributed by atoms with Gasteiger partial charge in [0.2, 0.25) is 11.5 Å². The van der Waals surface area contributed by atoms with E-state index in [-0.39, 0.29) is 6.07 Å². The number of rotatable bonds is 1. The Morgan fingerprint density at radius 2 is 1.69 bits per heavy atom. The molecule has 0 radical (unpaired) electrons. The van der Waals surface area contributed by atoms with Gasteiger partial charge < -0.3 is 14.3 Å². The van der Waals surface area contributed by atoms with Crippen molar-refractivity contribution >= 4 is 17.6 Å². The van der Waals surface area contributed by atoms with Crippen LogP contribution in [0.1, 0.15) is 74.8 Å². The third-order valence-corrected chi connectivity index (χ3v) is 5.48. The van der Waals surface area contributed by atoms with E-state index in [1.54, 1.807) is 0 Å². The van der Waals surface area contributed by atoms with Gasteiger partial charge in [-0.15, -0.1) is 10.2 Å². The molecule has 4 bridgehead atoms. The number of hydrogen-bond acceptors (Lipinski definition) is 8. The zero-order chi connectivity index (χ0) is 29.6. The Hall–Kier alpha value is -3.37. The van der Waals surface area contributed by atoms with Gasteiger partial charge in [0.25, 0.3) is 11.8 Å². The molecule has 39 heavy (non-hydrogen) atoms. The highest BCUT2D eigenvalue weighted by atomic mass is 19.4. The first-order chi connectivity index (χ1) is 17.6. The summed E-state index contributed by atoms with van der Waals surface area (Å²) in [6, 6.07) is 0.212. The number of carbonyl (C=O) groups excluding carboxylic acids is 2. The quantitative estimate of drug-likeness (QED) is 0.396. The van der Waals surface area contributed by atoms with Crippen LogP contribution in [-0.2, 0) is 16.5 Å². The molecule has 0 saturated heterocycles. The Balaban J connectivity index is 2.29. The third kappa shape index (κ3) is 6.80. The number of nitrogens with zero attached hydrogens (tertiary/aromatic N) is 3. The molecule has 0 saturated carbocycles. The number of aromatic nitrogens is 3. The average Bonchev–Trinajstić information content (AvgIpc) is 3.24. The van der Waals surface area contributed by atoms with E-state index in [0.717, 1.165) is 0 Å². The smallest absolute Gasteiger partial charge is 0.426 e. The topological polar surface area (TPSA) is 127 Å². The molecule has 2 aromatic rings. The van der Waals surface area contributed by atoms with Crippen molar-refractivity contribution in [2.75, 3.05) is 5.32 Å². The number of carbonyl (C=O) groups is 2. The lowest BCUT2D eigenvalue weighted by atomic mass is 9.93. The van der Waals surface area contributed by atoms with E-state index in [1.165, 1.54) is 20.8 Å². The minimum absolute atomic E-state index is 0.212. The summed E-state index contributed by atoms with van der Waals surface area (Å²) in [6.45, 7) is 4.28. The summed E-state index contributed by atoms with van der Waals surface area (Å²) in [7, 11) is 0. The zero-order valence-corrected chi connectivity index (χ0v) is 20.6. The Labute approximate surface area is 214 Å². The summed E-state index contributed by atoms with van der Waals surface area (Å²) in [5, 5.41) is 18.7. The monoisotopic (exact) mass is 574 g/mol. The number of pyridine rings is 1. The summed E-state index contributed by atoms with van der Waals surface area (Å²) in [5.41, 5.74) is -9.90. The van der Waals surface area contributed by atoms with Crippen molar-refractivity contribution in [1.82, 2.24) is 15.2 Å². The minimum Gasteiger partial charge on any atom is -0.444 e. The van der Waals surface area contributed by atoms with Crippen LogP contribution in [0.3, 0.4) is 0 Å². The standard InChI is InChI=1S/C22H22F8N4O5/c1-18(2,3)39-17(36)31-11-9-10(21(25,26)27)13-12(35)5-8-19(23,24)6-4-7-20(37,22(28,29)30)16-34-33-15(38-16)14(11)32-13/h9,37H,4-8H2,1-3H3,(H,31,36). The molecule has 216 valence electrons. The third-order valence-electron chi connectivity index (χ3n) is 5.48. The number of hydrogen-bond donors (Lipinski definition) is 2. The number of Topliss-reactive ketones (excluding diaryl/α,β-unsaturated/α-hetero) is 1. The maximum Gasteiger partial charge on any atom is 0.426 e. The Morgan fingerprint density at radius 3 is 2.26 bits per heavy atom. The van der Waals surface area contributed by atoms with Crippen LogP contribution in [0.4, 0.5) is 45.6 Å². The summed E-state index contributed by atoms with van der Waals surface area (Å²) in [6.07, 6.45) is -18.1. The summed E-state index contributed by atoms with van der Waals surface area (Å²) >= 11 is 0. The molecule has 1 aliphatic heterocycles. The largest absolute Gasteiger partial charge is 0.444 e. The number of fused-ring (bicyclic) bond motifs is 5. The van der Waals surface area contributed by atoms with Crippen molar-refractivity contribution in [3.63, 3.8) is 0 Å². The van der Waals surface area contributed by atoms with Crippen LogP contribution in [0.5, 0.6) is 0 Å². The van der Waals surface area contributed by atoms with Crippen LogP contribution in [0, 0.1) is 0 Å². The lowest BCUT2D eigenvalue weighted by molar-refractivity contribution is -0.278. The summed E-state index contributed by atoms with van der Waals surface area (Å²) < 4.78 is 122. The van der Waals surface area contributed by atoms with Crippen LogP contribution in [0.2, 0.25) is 0 Å². The average molecular weight is 574 g/mol. The fourth-order valence-corrected chi connectivity index (χ4v) is 3.61. The van der Waals surface area contributed by atoms with Crippen molar-refractivity contribution in [1.29, 1.82) is 0 Å². The van der Waals surface area contributed by atoms with Gasteiger partial charge >= 0.3 is 18.4 Å². The molecule has 9 nitrogen and oxygen atoms in total. The fourth-order valence-electron chi connectivity index (χ4n) is 3.61. The van der Waals surface area contributed by atoms with Gasteiger partial charge in [-0.1, -0.05) is 0 Å². The van der Waals surface area contributed by atoms with Crippen LogP contribution in [0.25, 0.3) is 11.6 Å². The second-order valence-electron chi connectivity index (χ2n) is 9.81. The van der Waals surface area contributed by atoms with Crippen LogP contribution in [0.15, 0.2) is 10.5 Å². The van der Waals surface area contributed by atoms with Crippen LogP contribution >= 0.6 is 0 Å². The number of nitrogens with one attached hydrogen (secondary N) is 1. The molecule has 1 atom stereocenters. The lowest BCUT2D eigenvalue weighted by Crippen LogP contribution is -2.43. The number of anilines is 1. The molecule has 17 heteroatoms. The van der Waals surface area contributed by atoms with E-state index in [1.807, 2.05) is 5.32 Å². The van der Waals surface area contributed by atoms with Gasteiger partial charge in [-0.25, -0.2) is 18.6 Å². The highest BCUT2D eigenvalue weighted by Gasteiger charge is 2.59. The molecule has 1 aliphatic rings. The number of ketones is 1. The van der Waals surface area contributed by atoms with E-state index in [4.69, 9.17) is 9.15 Å². The molecule has 0 aromatic carbocycles. The molecule has 2 N–H and O–H groups in total. The van der Waals surface area contributed by atoms with Gasteiger partial charge in [0.05, 0.1) is 11.3 Å². The van der Waals surface area contributed by atoms with Gasteiger partial charge in [0, 0.05) is 19.3 Å². The molecule has 1 amide bonds. The number of amides is 1. The predicted octanol–water partition coefficient (Wildman–Crippen LogP) is 6.03. The van der Waals surface area contributed by atoms with Crippen LogP contribution in [-0.4, -0.2) is 49.9 Å². The maximum atomic E-state index is 14.3. The lowest BCUT2D eigenvalue weighted by Gasteiger charge is -2.27. The first-order valence-corrected chi connectivity index (χ1v) is 11.3. The normalized spacial score (nSPS) is 20.8. The van der Waals surface area contributed by atoms with Crippen molar-refractivity contribution in [2.24, 2.45) is 0 Å². The first kappa shape index (κ1) is 30.2. The molecular weight excluding hydrogens is 552 g/mol. The van der Waals surface area contributed by atoms with Gasteiger partial charge in [-0.3, -0.25) is 10.1 Å². The van der Waals surface area contributed by atoms with Gasteiger partial charge in [-0.2, -0.15) is 26.3 Å². The first-order valence-electron chi connectivity index (χ1n) is 11.3. The molecule has 0 aliphatic carbocycles. The van der Waals surface area contributed by atoms with E-state index in [2.05, 4.69) is 15.2 Å². The molecule has 0 spiro atoms. The maximum absolute atomic E-state index is 14.3. The summed E-state index contributed by atoms with van der Waals surface area (Å²) in [4.78, 5) is 28.5. The number of aliphatic hydroxyl groups is 1. The second kappa shape index (κ2) is 9.98. The van der Waals surface area contributed by atoms with Crippen molar-refractivity contribution < 1.29 is 59.0 Å².